The van der Waals surface area contributed by atoms with Crippen LogP contribution in [0.1, 0.15) is 30.4 Å². The first kappa shape index (κ1) is 22.8. The molecule has 1 aliphatic rings. The van der Waals surface area contributed by atoms with Crippen LogP contribution < -0.4 is 4.74 Å². The molecule has 1 saturated carbocycles. The van der Waals surface area contributed by atoms with Gasteiger partial charge in [-0.25, -0.2) is 23.9 Å². The normalized spacial score (nSPS) is 19.6. The number of ether oxygens (including phenoxy) is 2. The standard InChI is InChI=1S/C22H21FN4O5/c1-4-30-21(29)18(10-24)27-32-20(28)17-9-22(17,15-6-5-7-16(23)8-15)12-31-19-11-25-14(3)26-13(19)2/h5-8,11,17H,4,9,12H2,1-3H3/b27-18+/t17-,22+/m0/s1. The predicted octanol–water partition coefficient (Wildman–Crippen LogP) is 2.56. The fourth-order valence-electron chi connectivity index (χ4n) is 3.35. The zero-order valence-electron chi connectivity index (χ0n) is 17.8. The SMILES string of the molecule is CCOC(=O)/C(C#N)=N/OC(=O)[C@@H]1C[C@@]1(COc1cnc(C)nc1C)c1cccc(F)c1. The van der Waals surface area contributed by atoms with Gasteiger partial charge in [-0.05, 0) is 44.9 Å². The maximum Gasteiger partial charge on any atom is 0.371 e. The maximum absolute atomic E-state index is 13.9. The van der Waals surface area contributed by atoms with E-state index in [1.165, 1.54) is 24.4 Å². The molecule has 0 bridgehead atoms. The van der Waals surface area contributed by atoms with Crippen molar-refractivity contribution in [3.63, 3.8) is 0 Å². The molecule has 0 aliphatic heterocycles. The second-order valence-electron chi connectivity index (χ2n) is 7.26. The van der Waals surface area contributed by atoms with Crippen molar-refractivity contribution in [2.45, 2.75) is 32.6 Å². The van der Waals surface area contributed by atoms with Crippen LogP contribution in [0.2, 0.25) is 0 Å². The number of esters is 1. The molecule has 0 unspecified atom stereocenters. The lowest BCUT2D eigenvalue weighted by Gasteiger charge is -2.19. The highest BCUT2D eigenvalue weighted by Crippen LogP contribution is 2.55. The Labute approximate surface area is 183 Å². The van der Waals surface area contributed by atoms with Gasteiger partial charge in [0.1, 0.15) is 17.7 Å². The summed E-state index contributed by atoms with van der Waals surface area (Å²) in [7, 11) is 0. The number of aryl methyl sites for hydroxylation is 2. The highest BCUT2D eigenvalue weighted by atomic mass is 19.1. The summed E-state index contributed by atoms with van der Waals surface area (Å²) in [4.78, 5) is 37.5. The largest absolute Gasteiger partial charge is 0.489 e. The number of nitriles is 1. The van der Waals surface area contributed by atoms with E-state index in [9.17, 15) is 14.0 Å². The first-order chi connectivity index (χ1) is 15.3. The Morgan fingerprint density at radius 1 is 1.38 bits per heavy atom. The third kappa shape index (κ3) is 4.88. The molecule has 1 heterocycles. The number of carbonyl (C=O) groups excluding carboxylic acids is 2. The summed E-state index contributed by atoms with van der Waals surface area (Å²) in [5, 5.41) is 12.3. The highest BCUT2D eigenvalue weighted by molar-refractivity contribution is 6.42. The molecular formula is C22H21FN4O5. The van der Waals surface area contributed by atoms with Crippen molar-refractivity contribution in [3.05, 3.63) is 53.4 Å². The summed E-state index contributed by atoms with van der Waals surface area (Å²) in [6, 6.07) is 7.40. The molecule has 1 aliphatic carbocycles. The minimum atomic E-state index is -0.992. The number of hydrogen-bond donors (Lipinski definition) is 0. The van der Waals surface area contributed by atoms with E-state index in [2.05, 4.69) is 19.9 Å². The Kier molecular flexibility index (Phi) is 6.78. The second kappa shape index (κ2) is 9.51. The Bertz CT molecular complexity index is 1110. The second-order valence-corrected chi connectivity index (χ2v) is 7.26. The fourth-order valence-corrected chi connectivity index (χ4v) is 3.35. The molecule has 0 saturated heterocycles. The van der Waals surface area contributed by atoms with Crippen LogP contribution in [0.3, 0.4) is 0 Å². The van der Waals surface area contributed by atoms with Crippen LogP contribution in [0.15, 0.2) is 35.6 Å². The topological polar surface area (TPSA) is 124 Å². The molecule has 1 aromatic heterocycles. The summed E-state index contributed by atoms with van der Waals surface area (Å²) in [6.07, 6.45) is 1.84. The molecule has 1 fully saturated rings. The van der Waals surface area contributed by atoms with Gasteiger partial charge in [-0.3, -0.25) is 0 Å². The highest BCUT2D eigenvalue weighted by Gasteiger charge is 2.61. The summed E-state index contributed by atoms with van der Waals surface area (Å²) in [5.74, 6) is -1.91. The Morgan fingerprint density at radius 2 is 2.16 bits per heavy atom. The maximum atomic E-state index is 13.9. The number of rotatable bonds is 8. The minimum Gasteiger partial charge on any atom is -0.489 e. The van der Waals surface area contributed by atoms with Crippen molar-refractivity contribution in [1.82, 2.24) is 9.97 Å². The average molecular weight is 440 g/mol. The van der Waals surface area contributed by atoms with Crippen molar-refractivity contribution >= 4 is 17.7 Å². The van der Waals surface area contributed by atoms with E-state index in [0.29, 0.717) is 29.3 Å². The molecule has 2 atom stereocenters. The molecule has 0 spiro atoms. The van der Waals surface area contributed by atoms with Crippen molar-refractivity contribution in [3.8, 4) is 11.8 Å². The van der Waals surface area contributed by atoms with Crippen LogP contribution in [0.25, 0.3) is 0 Å². The molecule has 3 rings (SSSR count). The van der Waals surface area contributed by atoms with Gasteiger partial charge in [-0.2, -0.15) is 5.26 Å². The van der Waals surface area contributed by atoms with Crippen LogP contribution in [0.5, 0.6) is 5.75 Å². The smallest absolute Gasteiger partial charge is 0.371 e. The van der Waals surface area contributed by atoms with Gasteiger partial charge < -0.3 is 14.3 Å². The third-order valence-corrected chi connectivity index (χ3v) is 5.10. The van der Waals surface area contributed by atoms with Gasteiger partial charge in [-0.1, -0.05) is 17.3 Å². The molecule has 0 amide bonds. The van der Waals surface area contributed by atoms with E-state index in [1.807, 2.05) is 0 Å². The van der Waals surface area contributed by atoms with Gasteiger partial charge >= 0.3 is 11.9 Å². The first-order valence-electron chi connectivity index (χ1n) is 9.86. The summed E-state index contributed by atoms with van der Waals surface area (Å²) < 4.78 is 24.5. The van der Waals surface area contributed by atoms with Crippen molar-refractivity contribution in [2.75, 3.05) is 13.2 Å². The lowest BCUT2D eigenvalue weighted by molar-refractivity contribution is -0.146. The molecular weight excluding hydrogens is 419 g/mol. The lowest BCUT2D eigenvalue weighted by Crippen LogP contribution is -2.25. The van der Waals surface area contributed by atoms with E-state index < -0.39 is 34.8 Å². The molecule has 32 heavy (non-hydrogen) atoms. The van der Waals surface area contributed by atoms with Gasteiger partial charge in [0, 0.05) is 5.41 Å². The molecule has 9 nitrogen and oxygen atoms in total. The summed E-state index contributed by atoms with van der Waals surface area (Å²) in [6.45, 7) is 5.17. The van der Waals surface area contributed by atoms with Crippen molar-refractivity contribution < 1.29 is 28.3 Å². The number of halogens is 1. The number of nitrogens with zero attached hydrogens (tertiary/aromatic N) is 4. The van der Waals surface area contributed by atoms with Crippen molar-refractivity contribution in [1.29, 1.82) is 5.26 Å². The molecule has 0 radical (unpaired) electrons. The van der Waals surface area contributed by atoms with E-state index in [4.69, 9.17) is 14.8 Å². The average Bonchev–Trinajstić information content (AvgIpc) is 3.50. The minimum absolute atomic E-state index is 0.0379. The molecule has 2 aromatic rings. The molecule has 10 heteroatoms. The number of hydrogen-bond acceptors (Lipinski definition) is 9. The zero-order chi connectivity index (χ0) is 23.3. The number of aromatic nitrogens is 2. The Hall–Kier alpha value is -3.87. The first-order valence-corrected chi connectivity index (χ1v) is 9.86. The van der Waals surface area contributed by atoms with E-state index in [1.54, 1.807) is 32.9 Å². The quantitative estimate of drug-likeness (QED) is 0.265. The van der Waals surface area contributed by atoms with Crippen LogP contribution >= 0.6 is 0 Å². The van der Waals surface area contributed by atoms with Crippen molar-refractivity contribution in [2.24, 2.45) is 11.1 Å². The van der Waals surface area contributed by atoms with Crippen LogP contribution in [-0.4, -0.2) is 40.8 Å². The van der Waals surface area contributed by atoms with Gasteiger partial charge in [0.2, 0.25) is 0 Å². The van der Waals surface area contributed by atoms with Gasteiger partial charge in [0.15, 0.2) is 5.75 Å². The lowest BCUT2D eigenvalue weighted by atomic mass is 9.94. The monoisotopic (exact) mass is 440 g/mol. The molecule has 1 aromatic carbocycles. The Morgan fingerprint density at radius 3 is 2.81 bits per heavy atom. The van der Waals surface area contributed by atoms with E-state index in [-0.39, 0.29) is 13.2 Å². The van der Waals surface area contributed by atoms with Gasteiger partial charge in [0.25, 0.3) is 5.71 Å². The van der Waals surface area contributed by atoms with Crippen LogP contribution in [0, 0.1) is 36.9 Å². The fraction of sp³-hybridized carbons (Fsp3) is 0.364. The van der Waals surface area contributed by atoms with E-state index >= 15 is 0 Å². The summed E-state index contributed by atoms with van der Waals surface area (Å²) in [5.41, 5.74) is -0.367. The Balaban J connectivity index is 1.80. The summed E-state index contributed by atoms with van der Waals surface area (Å²) >= 11 is 0. The molecule has 0 N–H and O–H groups in total. The number of carbonyl (C=O) groups is 2. The number of oxime groups is 1. The zero-order valence-corrected chi connectivity index (χ0v) is 17.8. The van der Waals surface area contributed by atoms with Crippen LogP contribution in [-0.2, 0) is 24.6 Å². The predicted molar refractivity (Wildman–Crippen MR) is 109 cm³/mol. The van der Waals surface area contributed by atoms with Gasteiger partial charge in [-0.15, -0.1) is 0 Å². The number of benzene rings is 1. The molecule has 166 valence electrons. The van der Waals surface area contributed by atoms with Crippen LogP contribution in [0.4, 0.5) is 4.39 Å². The third-order valence-electron chi connectivity index (χ3n) is 5.10. The van der Waals surface area contributed by atoms with E-state index in [0.717, 1.165) is 0 Å². The van der Waals surface area contributed by atoms with Gasteiger partial charge in [0.05, 0.1) is 31.0 Å².